The predicted molar refractivity (Wildman–Crippen MR) is 185 cm³/mol. The third-order valence-electron chi connectivity index (χ3n) is 8.27. The molecule has 17 nitrogen and oxygen atoms in total. The second-order valence-corrected chi connectivity index (χ2v) is 13.3. The molecule has 0 fully saturated rings. The maximum atomic E-state index is 13.7. The number of nitrogens with two attached hydrogens (primary N) is 3. The van der Waals surface area contributed by atoms with E-state index in [1.807, 2.05) is 20.8 Å². The summed E-state index contributed by atoms with van der Waals surface area (Å²) < 4.78 is 0. The Bertz CT molecular complexity index is 1130. The van der Waals surface area contributed by atoms with Crippen molar-refractivity contribution >= 4 is 41.5 Å². The largest absolute Gasteiger partial charge is 0.480 e. The van der Waals surface area contributed by atoms with E-state index < -0.39 is 96.1 Å². The summed E-state index contributed by atoms with van der Waals surface area (Å²) in [5.41, 5.74) is 16.8. The number of hydrogen-bond acceptors (Lipinski definition) is 9. The van der Waals surface area contributed by atoms with Gasteiger partial charge in [-0.1, -0.05) is 68.2 Å². The molecule has 0 spiro atoms. The lowest BCUT2D eigenvalue weighted by Gasteiger charge is -2.31. The predicted octanol–water partition coefficient (Wildman–Crippen LogP) is -1.34. The lowest BCUT2D eigenvalue weighted by Crippen LogP contribution is -2.62. The van der Waals surface area contributed by atoms with Gasteiger partial charge in [0.2, 0.25) is 29.5 Å². The number of aliphatic imine (C=N–C) groups is 1. The summed E-state index contributed by atoms with van der Waals surface area (Å²) in [6.07, 6.45) is 1.78. The summed E-state index contributed by atoms with van der Waals surface area (Å²) in [6.45, 7) is 13.6. The first kappa shape index (κ1) is 45.0. The number of guanidine groups is 1. The number of aliphatic hydroxyl groups excluding tert-OH is 1. The van der Waals surface area contributed by atoms with Crippen molar-refractivity contribution < 1.29 is 39.0 Å². The molecule has 49 heavy (non-hydrogen) atoms. The number of carbonyl (C=O) groups excluding carboxylic acids is 5. The standard InChI is InChI=1S/C32H61N9O8/c1-9-18(7)24(29(46)38-22(15-42)31(48)49)41-30(47)25(19(8)10-2)40-28(45)23(17(5)6)39-27(44)21(12-11-13-36-32(34)35)37-26(43)20(33)14-16(3)4/h16-25,42H,9-15,33H2,1-8H3,(H,37,43)(H,38,46)(H,39,44)(H,40,45)(H,41,47)(H,48,49)(H4,34,35,36)/t18-,19-,20-,21-,22-,23-,24-,25-/m0/s1. The van der Waals surface area contributed by atoms with Gasteiger partial charge in [0.25, 0.3) is 0 Å². The van der Waals surface area contributed by atoms with Gasteiger partial charge in [0.1, 0.15) is 30.2 Å². The number of amides is 5. The first-order valence-corrected chi connectivity index (χ1v) is 17.0. The van der Waals surface area contributed by atoms with Crippen LogP contribution in [-0.2, 0) is 28.8 Å². The average Bonchev–Trinajstić information content (AvgIpc) is 3.02. The molecule has 0 aromatic carbocycles. The highest BCUT2D eigenvalue weighted by Gasteiger charge is 2.36. The van der Waals surface area contributed by atoms with Gasteiger partial charge in [0.15, 0.2) is 5.96 Å². The molecule has 5 amide bonds. The zero-order chi connectivity index (χ0) is 38.0. The molecule has 0 unspecified atom stereocenters. The number of aliphatic hydroxyl groups is 1. The van der Waals surface area contributed by atoms with Crippen molar-refractivity contribution in [2.24, 2.45) is 45.9 Å². The number of rotatable bonds is 23. The SMILES string of the molecule is CC[C@H](C)[C@H](NC(=O)[C@@H](NC(=O)[C@H](CCCN=C(N)N)NC(=O)[C@@H](N)CC(C)C)C(C)C)C(=O)N[C@H](C(=O)N[C@@H](CO)C(=O)O)[C@@H](C)CC. The van der Waals surface area contributed by atoms with Crippen LogP contribution in [0.2, 0.25) is 0 Å². The van der Waals surface area contributed by atoms with Crippen molar-refractivity contribution in [2.75, 3.05) is 13.2 Å². The van der Waals surface area contributed by atoms with Crippen molar-refractivity contribution in [3.8, 4) is 0 Å². The van der Waals surface area contributed by atoms with E-state index in [1.54, 1.807) is 34.6 Å². The molecule has 0 rings (SSSR count). The van der Waals surface area contributed by atoms with Gasteiger partial charge in [-0.05, 0) is 42.9 Å². The minimum atomic E-state index is -1.57. The van der Waals surface area contributed by atoms with Gasteiger partial charge in [-0.2, -0.15) is 0 Å². The Morgan fingerprint density at radius 2 is 1.12 bits per heavy atom. The minimum Gasteiger partial charge on any atom is -0.480 e. The number of carbonyl (C=O) groups is 6. The van der Waals surface area contributed by atoms with Crippen molar-refractivity contribution in [3.63, 3.8) is 0 Å². The molecule has 0 aliphatic carbocycles. The van der Waals surface area contributed by atoms with E-state index in [0.29, 0.717) is 25.7 Å². The number of nitrogens with one attached hydrogen (secondary N) is 5. The topological polar surface area (TPSA) is 293 Å². The van der Waals surface area contributed by atoms with Crippen LogP contribution < -0.4 is 43.8 Å². The number of aliphatic carboxylic acids is 1. The fourth-order valence-corrected chi connectivity index (χ4v) is 4.79. The molecule has 0 radical (unpaired) electrons. The van der Waals surface area contributed by atoms with E-state index in [9.17, 15) is 39.0 Å². The van der Waals surface area contributed by atoms with Crippen LogP contribution in [0.1, 0.15) is 87.5 Å². The van der Waals surface area contributed by atoms with E-state index in [2.05, 4.69) is 31.6 Å². The molecular weight excluding hydrogens is 638 g/mol. The van der Waals surface area contributed by atoms with E-state index in [1.165, 1.54) is 0 Å². The van der Waals surface area contributed by atoms with Crippen LogP contribution in [0.4, 0.5) is 0 Å². The molecule has 282 valence electrons. The maximum absolute atomic E-state index is 13.7. The van der Waals surface area contributed by atoms with Gasteiger partial charge in [-0.25, -0.2) is 4.79 Å². The lowest BCUT2D eigenvalue weighted by atomic mass is 9.94. The third-order valence-corrected chi connectivity index (χ3v) is 8.27. The van der Waals surface area contributed by atoms with Crippen LogP contribution in [0.15, 0.2) is 4.99 Å². The zero-order valence-electron chi connectivity index (χ0n) is 30.2. The first-order valence-electron chi connectivity index (χ1n) is 17.0. The number of carboxylic acids is 1. The highest BCUT2D eigenvalue weighted by atomic mass is 16.4. The number of carboxylic acid groups (broad SMARTS) is 1. The molecule has 13 N–H and O–H groups in total. The molecular formula is C32H61N9O8. The third kappa shape index (κ3) is 16.3. The molecule has 0 saturated heterocycles. The van der Waals surface area contributed by atoms with Crippen molar-refractivity contribution in [3.05, 3.63) is 0 Å². The second-order valence-electron chi connectivity index (χ2n) is 13.3. The first-order chi connectivity index (χ1) is 22.8. The summed E-state index contributed by atoms with van der Waals surface area (Å²) >= 11 is 0. The Balaban J connectivity index is 6.14. The summed E-state index contributed by atoms with van der Waals surface area (Å²) in [5.74, 6) is -6.03. The van der Waals surface area contributed by atoms with Crippen LogP contribution in [0, 0.1) is 23.7 Å². The maximum Gasteiger partial charge on any atom is 0.328 e. The molecule has 0 aromatic rings. The van der Waals surface area contributed by atoms with Crippen LogP contribution in [0.5, 0.6) is 0 Å². The molecule has 8 atom stereocenters. The molecule has 0 bridgehead atoms. The summed E-state index contributed by atoms with van der Waals surface area (Å²) in [5, 5.41) is 31.6. The van der Waals surface area contributed by atoms with E-state index in [4.69, 9.17) is 17.2 Å². The molecule has 0 aliphatic rings. The summed E-state index contributed by atoms with van der Waals surface area (Å²) in [4.78, 5) is 82.1. The number of hydrogen-bond donors (Lipinski definition) is 10. The van der Waals surface area contributed by atoms with E-state index >= 15 is 0 Å². The fourth-order valence-electron chi connectivity index (χ4n) is 4.79. The number of nitrogens with zero attached hydrogens (tertiary/aromatic N) is 1. The van der Waals surface area contributed by atoms with Crippen molar-refractivity contribution in [2.45, 2.75) is 124 Å². The highest BCUT2D eigenvalue weighted by molar-refractivity contribution is 5.96. The van der Waals surface area contributed by atoms with Crippen molar-refractivity contribution in [1.82, 2.24) is 26.6 Å². The van der Waals surface area contributed by atoms with Crippen LogP contribution in [0.25, 0.3) is 0 Å². The monoisotopic (exact) mass is 699 g/mol. The molecule has 0 heterocycles. The second kappa shape index (κ2) is 22.6. The normalized spacial score (nSPS) is 16.2. The van der Waals surface area contributed by atoms with Gasteiger partial charge in [0, 0.05) is 6.54 Å². The zero-order valence-corrected chi connectivity index (χ0v) is 30.2. The fraction of sp³-hybridized carbons (Fsp3) is 0.781. The van der Waals surface area contributed by atoms with Gasteiger partial charge in [-0.3, -0.25) is 29.0 Å². The smallest absolute Gasteiger partial charge is 0.328 e. The Morgan fingerprint density at radius 3 is 1.53 bits per heavy atom. The Morgan fingerprint density at radius 1 is 0.673 bits per heavy atom. The van der Waals surface area contributed by atoms with E-state index in [0.717, 1.165) is 0 Å². The lowest BCUT2D eigenvalue weighted by molar-refractivity contribution is -0.143. The molecule has 0 aliphatic heterocycles. The average molecular weight is 700 g/mol. The quantitative estimate of drug-likeness (QED) is 0.0338. The Labute approximate surface area is 289 Å². The van der Waals surface area contributed by atoms with Crippen LogP contribution >= 0.6 is 0 Å². The van der Waals surface area contributed by atoms with E-state index in [-0.39, 0.29) is 24.8 Å². The van der Waals surface area contributed by atoms with Crippen LogP contribution in [0.3, 0.4) is 0 Å². The highest BCUT2D eigenvalue weighted by Crippen LogP contribution is 2.14. The summed E-state index contributed by atoms with van der Waals surface area (Å²) in [6, 6.07) is -6.91. The Kier molecular flexibility index (Phi) is 20.8. The van der Waals surface area contributed by atoms with Gasteiger partial charge in [0.05, 0.1) is 12.6 Å². The minimum absolute atomic E-state index is 0.119. The van der Waals surface area contributed by atoms with Gasteiger partial charge in [-0.15, -0.1) is 0 Å². The molecule has 0 saturated carbocycles. The van der Waals surface area contributed by atoms with Gasteiger partial charge >= 0.3 is 5.97 Å². The Hall–Kier alpha value is -3.99. The van der Waals surface area contributed by atoms with Gasteiger partial charge < -0.3 is 54.0 Å². The van der Waals surface area contributed by atoms with Crippen molar-refractivity contribution in [1.29, 1.82) is 0 Å². The van der Waals surface area contributed by atoms with Crippen LogP contribution in [-0.4, -0.2) is 101 Å². The molecule has 0 aromatic heterocycles. The molecule has 17 heteroatoms. The summed E-state index contributed by atoms with van der Waals surface area (Å²) in [7, 11) is 0.